The zero-order chi connectivity index (χ0) is 14.0. The lowest BCUT2D eigenvalue weighted by Gasteiger charge is -2.11. The Morgan fingerprint density at radius 1 is 1.37 bits per heavy atom. The molecule has 6 nitrogen and oxygen atoms in total. The number of nitrogens with two attached hydrogens (primary N) is 2. The van der Waals surface area contributed by atoms with Crippen LogP contribution in [-0.2, 0) is 4.79 Å². The van der Waals surface area contributed by atoms with Gasteiger partial charge in [0.2, 0.25) is 5.91 Å². The van der Waals surface area contributed by atoms with Crippen LogP contribution in [0.2, 0.25) is 0 Å². The van der Waals surface area contributed by atoms with Crippen molar-refractivity contribution in [3.63, 3.8) is 0 Å². The SMILES string of the molecule is CC(=N)C(C(N)=O)C(N)=Nc1cccc2[nH]ccc12. The number of aromatic amines is 1. The van der Waals surface area contributed by atoms with Crippen LogP contribution in [0.25, 0.3) is 10.9 Å². The third-order valence-corrected chi connectivity index (χ3v) is 2.83. The van der Waals surface area contributed by atoms with E-state index in [-0.39, 0.29) is 11.5 Å². The summed E-state index contributed by atoms with van der Waals surface area (Å²) in [6.07, 6.45) is 1.80. The molecule has 1 heterocycles. The van der Waals surface area contributed by atoms with Crippen LogP contribution >= 0.6 is 0 Å². The molecule has 2 rings (SSSR count). The number of carbonyl (C=O) groups is 1. The number of aromatic nitrogens is 1. The number of amides is 1. The summed E-state index contributed by atoms with van der Waals surface area (Å²) in [6, 6.07) is 7.41. The Kier molecular flexibility index (Phi) is 3.33. The lowest BCUT2D eigenvalue weighted by atomic mass is 10.0. The van der Waals surface area contributed by atoms with Gasteiger partial charge in [-0.05, 0) is 25.1 Å². The third kappa shape index (κ3) is 2.47. The molecule has 0 aliphatic carbocycles. The highest BCUT2D eigenvalue weighted by Crippen LogP contribution is 2.25. The van der Waals surface area contributed by atoms with E-state index < -0.39 is 11.8 Å². The van der Waals surface area contributed by atoms with E-state index in [9.17, 15) is 4.79 Å². The van der Waals surface area contributed by atoms with Crippen LogP contribution in [-0.4, -0.2) is 22.4 Å². The smallest absolute Gasteiger partial charge is 0.233 e. The monoisotopic (exact) mass is 257 g/mol. The van der Waals surface area contributed by atoms with Gasteiger partial charge in [-0.15, -0.1) is 0 Å². The molecule has 19 heavy (non-hydrogen) atoms. The van der Waals surface area contributed by atoms with Crippen molar-refractivity contribution in [2.45, 2.75) is 6.92 Å². The predicted octanol–water partition coefficient (Wildman–Crippen LogP) is 1.30. The minimum Gasteiger partial charge on any atom is -0.386 e. The van der Waals surface area contributed by atoms with Crippen molar-refractivity contribution in [2.24, 2.45) is 22.4 Å². The fourth-order valence-corrected chi connectivity index (χ4v) is 1.95. The molecular formula is C13H15N5O. The topological polar surface area (TPSA) is 121 Å². The Morgan fingerprint density at radius 2 is 2.11 bits per heavy atom. The van der Waals surface area contributed by atoms with Gasteiger partial charge in [-0.2, -0.15) is 0 Å². The van der Waals surface area contributed by atoms with Crippen LogP contribution in [0.5, 0.6) is 0 Å². The second-order valence-corrected chi connectivity index (χ2v) is 4.27. The molecule has 1 atom stereocenters. The first-order valence-corrected chi connectivity index (χ1v) is 5.75. The molecular weight excluding hydrogens is 242 g/mol. The van der Waals surface area contributed by atoms with E-state index in [0.29, 0.717) is 5.69 Å². The summed E-state index contributed by atoms with van der Waals surface area (Å²) in [7, 11) is 0. The van der Waals surface area contributed by atoms with Gasteiger partial charge in [-0.1, -0.05) is 6.07 Å². The molecule has 0 saturated heterocycles. The molecule has 0 aliphatic rings. The number of rotatable bonds is 4. The highest BCUT2D eigenvalue weighted by Gasteiger charge is 2.22. The van der Waals surface area contributed by atoms with E-state index >= 15 is 0 Å². The quantitative estimate of drug-likeness (QED) is 0.487. The molecule has 1 aromatic carbocycles. The number of nitrogens with one attached hydrogen (secondary N) is 2. The van der Waals surface area contributed by atoms with E-state index in [1.165, 1.54) is 6.92 Å². The maximum atomic E-state index is 11.3. The van der Waals surface area contributed by atoms with E-state index in [0.717, 1.165) is 10.9 Å². The van der Waals surface area contributed by atoms with Crippen molar-refractivity contribution in [3.05, 3.63) is 30.5 Å². The molecule has 1 amide bonds. The number of amidine groups is 1. The van der Waals surface area contributed by atoms with Gasteiger partial charge < -0.3 is 21.9 Å². The number of carbonyl (C=O) groups excluding carboxylic acids is 1. The Hall–Kier alpha value is -2.63. The molecule has 2 aromatic rings. The maximum absolute atomic E-state index is 11.3. The molecule has 0 spiro atoms. The first-order chi connectivity index (χ1) is 9.00. The highest BCUT2D eigenvalue weighted by atomic mass is 16.1. The van der Waals surface area contributed by atoms with Crippen molar-refractivity contribution < 1.29 is 4.79 Å². The summed E-state index contributed by atoms with van der Waals surface area (Å²) in [6.45, 7) is 1.48. The summed E-state index contributed by atoms with van der Waals surface area (Å²) >= 11 is 0. The Balaban J connectivity index is 2.47. The van der Waals surface area contributed by atoms with E-state index in [1.807, 2.05) is 18.2 Å². The Bertz CT molecular complexity index is 656. The molecule has 6 heteroatoms. The van der Waals surface area contributed by atoms with Crippen molar-refractivity contribution in [1.82, 2.24) is 4.98 Å². The van der Waals surface area contributed by atoms with Crippen LogP contribution < -0.4 is 11.5 Å². The van der Waals surface area contributed by atoms with Crippen LogP contribution in [0.15, 0.2) is 35.5 Å². The molecule has 0 saturated carbocycles. The van der Waals surface area contributed by atoms with E-state index in [1.54, 1.807) is 12.3 Å². The van der Waals surface area contributed by atoms with Crippen molar-refractivity contribution in [2.75, 3.05) is 0 Å². The second kappa shape index (κ2) is 4.93. The van der Waals surface area contributed by atoms with Gasteiger partial charge in [-0.3, -0.25) is 4.79 Å². The zero-order valence-electron chi connectivity index (χ0n) is 10.5. The van der Waals surface area contributed by atoms with Gasteiger partial charge in [0.05, 0.1) is 5.69 Å². The number of benzene rings is 1. The van der Waals surface area contributed by atoms with Gasteiger partial charge in [0.25, 0.3) is 0 Å². The highest BCUT2D eigenvalue weighted by molar-refractivity contribution is 6.19. The first kappa shape index (κ1) is 12.8. The number of aliphatic imine (C=N–C) groups is 1. The normalized spacial score (nSPS) is 13.4. The van der Waals surface area contributed by atoms with Crippen LogP contribution in [0.4, 0.5) is 5.69 Å². The number of hydrogen-bond acceptors (Lipinski definition) is 3. The first-order valence-electron chi connectivity index (χ1n) is 5.75. The van der Waals surface area contributed by atoms with Crippen molar-refractivity contribution in [1.29, 1.82) is 5.41 Å². The number of nitrogens with zero attached hydrogens (tertiary/aromatic N) is 1. The summed E-state index contributed by atoms with van der Waals surface area (Å²) in [5.74, 6) is -1.60. The minimum absolute atomic E-state index is 0.0358. The average Bonchev–Trinajstić information content (AvgIpc) is 2.76. The lowest BCUT2D eigenvalue weighted by molar-refractivity contribution is -0.118. The molecule has 6 N–H and O–H groups in total. The minimum atomic E-state index is -0.964. The largest absolute Gasteiger partial charge is 0.386 e. The second-order valence-electron chi connectivity index (χ2n) is 4.27. The summed E-state index contributed by atoms with van der Waals surface area (Å²) in [5, 5.41) is 8.44. The zero-order valence-corrected chi connectivity index (χ0v) is 10.5. The van der Waals surface area contributed by atoms with Gasteiger partial charge >= 0.3 is 0 Å². The number of primary amides is 1. The van der Waals surface area contributed by atoms with Crippen molar-refractivity contribution >= 4 is 34.0 Å². The molecule has 0 fully saturated rings. The number of H-pyrrole nitrogens is 1. The average molecular weight is 257 g/mol. The van der Waals surface area contributed by atoms with Crippen LogP contribution in [0.3, 0.4) is 0 Å². The molecule has 0 bridgehead atoms. The molecule has 1 unspecified atom stereocenters. The van der Waals surface area contributed by atoms with Crippen LogP contribution in [0.1, 0.15) is 6.92 Å². The van der Waals surface area contributed by atoms with Gasteiger partial charge in [0.1, 0.15) is 11.8 Å². The maximum Gasteiger partial charge on any atom is 0.233 e. The van der Waals surface area contributed by atoms with Crippen molar-refractivity contribution in [3.8, 4) is 0 Å². The Morgan fingerprint density at radius 3 is 2.74 bits per heavy atom. The molecule has 1 aromatic heterocycles. The van der Waals surface area contributed by atoms with Gasteiger partial charge in [0, 0.05) is 22.8 Å². The number of fused-ring (bicyclic) bond motifs is 1. The van der Waals surface area contributed by atoms with E-state index in [4.69, 9.17) is 16.9 Å². The van der Waals surface area contributed by atoms with Crippen LogP contribution in [0, 0.1) is 11.3 Å². The standard InChI is InChI=1S/C13H15N5O/c1-7(14)11(13(16)19)12(15)18-10-4-2-3-9-8(10)5-6-17-9/h2-6,11,14,17H,1H3,(H2,15,18)(H2,16,19). The summed E-state index contributed by atoms with van der Waals surface area (Å²) in [4.78, 5) is 18.6. The molecule has 0 radical (unpaired) electrons. The number of hydrogen-bond donors (Lipinski definition) is 4. The van der Waals surface area contributed by atoms with Gasteiger partial charge in [-0.25, -0.2) is 4.99 Å². The third-order valence-electron chi connectivity index (χ3n) is 2.83. The van der Waals surface area contributed by atoms with Gasteiger partial charge in [0.15, 0.2) is 0 Å². The summed E-state index contributed by atoms with van der Waals surface area (Å²) in [5.41, 5.74) is 12.7. The molecule has 98 valence electrons. The van der Waals surface area contributed by atoms with E-state index in [2.05, 4.69) is 9.98 Å². The summed E-state index contributed by atoms with van der Waals surface area (Å²) < 4.78 is 0. The fraction of sp³-hybridized carbons (Fsp3) is 0.154. The lowest BCUT2D eigenvalue weighted by Crippen LogP contribution is -2.39. The Labute approximate surface area is 110 Å². The predicted molar refractivity (Wildman–Crippen MR) is 75.7 cm³/mol. The molecule has 0 aliphatic heterocycles. The fourth-order valence-electron chi connectivity index (χ4n) is 1.95.